The summed E-state index contributed by atoms with van der Waals surface area (Å²) in [6, 6.07) is 8.30. The maximum absolute atomic E-state index is 12.4. The summed E-state index contributed by atoms with van der Waals surface area (Å²) in [6.07, 6.45) is 2.51. The lowest BCUT2D eigenvalue weighted by molar-refractivity contribution is -0.128. The van der Waals surface area contributed by atoms with E-state index in [1.165, 1.54) is 0 Å². The normalized spacial score (nSPS) is 24.3. The average molecular weight is 329 g/mol. The molecule has 6 heteroatoms. The summed E-state index contributed by atoms with van der Waals surface area (Å²) in [5, 5.41) is 2.95. The van der Waals surface area contributed by atoms with Crippen LogP contribution in [0.4, 0.5) is 11.4 Å². The minimum absolute atomic E-state index is 0.0503. The van der Waals surface area contributed by atoms with E-state index < -0.39 is 0 Å². The summed E-state index contributed by atoms with van der Waals surface area (Å²) in [7, 11) is 0. The van der Waals surface area contributed by atoms with Gasteiger partial charge in [-0.15, -0.1) is 0 Å². The molecule has 1 atom stereocenters. The summed E-state index contributed by atoms with van der Waals surface area (Å²) in [6.45, 7) is 3.87. The number of hydrogen-bond donors (Lipinski definition) is 1. The number of carbonyl (C=O) groups excluding carboxylic acids is 2. The van der Waals surface area contributed by atoms with Crippen molar-refractivity contribution in [3.05, 3.63) is 24.3 Å². The van der Waals surface area contributed by atoms with E-state index in [-0.39, 0.29) is 17.7 Å². The third kappa shape index (κ3) is 3.24. The second-order valence-corrected chi connectivity index (χ2v) is 6.81. The van der Waals surface area contributed by atoms with Crippen LogP contribution in [-0.2, 0) is 14.3 Å². The predicted octanol–water partition coefficient (Wildman–Crippen LogP) is 1.47. The molecule has 2 amide bonds. The third-order valence-corrected chi connectivity index (χ3v) is 5.03. The van der Waals surface area contributed by atoms with Gasteiger partial charge < -0.3 is 19.9 Å². The predicted molar refractivity (Wildman–Crippen MR) is 90.9 cm³/mol. The van der Waals surface area contributed by atoms with Crippen molar-refractivity contribution in [2.45, 2.75) is 25.3 Å². The van der Waals surface area contributed by atoms with Gasteiger partial charge in [0.2, 0.25) is 11.8 Å². The molecule has 1 saturated carbocycles. The number of hydrogen-bond acceptors (Lipinski definition) is 4. The number of carbonyl (C=O) groups is 2. The first-order valence-corrected chi connectivity index (χ1v) is 8.74. The Morgan fingerprint density at radius 1 is 1.12 bits per heavy atom. The first kappa shape index (κ1) is 15.4. The van der Waals surface area contributed by atoms with E-state index in [0.29, 0.717) is 19.0 Å². The minimum Gasteiger partial charge on any atom is -0.378 e. The van der Waals surface area contributed by atoms with Crippen LogP contribution < -0.4 is 10.2 Å². The van der Waals surface area contributed by atoms with Crippen LogP contribution in [0.2, 0.25) is 0 Å². The van der Waals surface area contributed by atoms with Gasteiger partial charge in [-0.2, -0.15) is 0 Å². The van der Waals surface area contributed by atoms with Crippen LogP contribution in [-0.4, -0.2) is 55.6 Å². The largest absolute Gasteiger partial charge is 0.378 e. The molecule has 0 aromatic heterocycles. The fourth-order valence-corrected chi connectivity index (χ4v) is 3.47. The monoisotopic (exact) mass is 329 g/mol. The van der Waals surface area contributed by atoms with Gasteiger partial charge in [0.25, 0.3) is 0 Å². The summed E-state index contributed by atoms with van der Waals surface area (Å²) < 4.78 is 5.36. The molecule has 3 aliphatic rings. The molecule has 2 aliphatic heterocycles. The summed E-state index contributed by atoms with van der Waals surface area (Å²) in [4.78, 5) is 28.5. The number of nitrogens with one attached hydrogen (secondary N) is 1. The van der Waals surface area contributed by atoms with Gasteiger partial charge in [0.15, 0.2) is 0 Å². The van der Waals surface area contributed by atoms with E-state index >= 15 is 0 Å². The molecule has 24 heavy (non-hydrogen) atoms. The highest BCUT2D eigenvalue weighted by molar-refractivity contribution is 5.97. The van der Waals surface area contributed by atoms with Gasteiger partial charge in [0, 0.05) is 43.5 Å². The lowest BCUT2D eigenvalue weighted by atomic mass is 10.1. The Balaban J connectivity index is 1.34. The molecule has 0 spiro atoms. The number of likely N-dealkylation sites (tertiary alicyclic amines) is 1. The van der Waals surface area contributed by atoms with Gasteiger partial charge in [-0.1, -0.05) is 0 Å². The Bertz CT molecular complexity index is 621. The van der Waals surface area contributed by atoms with Crippen molar-refractivity contribution in [3.63, 3.8) is 0 Å². The number of ether oxygens (including phenoxy) is 1. The summed E-state index contributed by atoms with van der Waals surface area (Å²) in [5.74, 6) is -0.150. The van der Waals surface area contributed by atoms with Gasteiger partial charge in [-0.25, -0.2) is 0 Å². The molecule has 0 bridgehead atoms. The van der Waals surface area contributed by atoms with Crippen molar-refractivity contribution < 1.29 is 14.3 Å². The lowest BCUT2D eigenvalue weighted by Gasteiger charge is -2.28. The number of morpholine rings is 1. The van der Waals surface area contributed by atoms with E-state index in [1.54, 1.807) is 0 Å². The molecule has 0 radical (unpaired) electrons. The third-order valence-electron chi connectivity index (χ3n) is 5.03. The molecular weight excluding hydrogens is 306 g/mol. The van der Waals surface area contributed by atoms with Gasteiger partial charge >= 0.3 is 0 Å². The standard InChI is InChI=1S/C18H23N3O3/c22-17-11-13(12-21(17)16-5-6-16)18(23)19-14-1-3-15(4-2-14)20-7-9-24-10-8-20/h1-4,13,16H,5-12H2,(H,19,23). The molecular formula is C18H23N3O3. The van der Waals surface area contributed by atoms with E-state index in [9.17, 15) is 9.59 Å². The second-order valence-electron chi connectivity index (χ2n) is 6.81. The van der Waals surface area contributed by atoms with Crippen LogP contribution in [0.1, 0.15) is 19.3 Å². The molecule has 1 N–H and O–H groups in total. The fourth-order valence-electron chi connectivity index (χ4n) is 3.47. The van der Waals surface area contributed by atoms with Crippen LogP contribution in [0.25, 0.3) is 0 Å². The van der Waals surface area contributed by atoms with Gasteiger partial charge in [-0.3, -0.25) is 9.59 Å². The fraction of sp³-hybridized carbons (Fsp3) is 0.556. The quantitative estimate of drug-likeness (QED) is 0.909. The number of rotatable bonds is 4. The van der Waals surface area contributed by atoms with Gasteiger partial charge in [0.1, 0.15) is 0 Å². The molecule has 3 fully saturated rings. The second kappa shape index (κ2) is 6.43. The first-order chi connectivity index (χ1) is 11.7. The zero-order chi connectivity index (χ0) is 16.5. The Labute approximate surface area is 141 Å². The molecule has 1 aromatic carbocycles. The first-order valence-electron chi connectivity index (χ1n) is 8.74. The number of amides is 2. The van der Waals surface area contributed by atoms with Crippen molar-refractivity contribution in [1.29, 1.82) is 0 Å². The Kier molecular flexibility index (Phi) is 4.14. The Hall–Kier alpha value is -2.08. The molecule has 128 valence electrons. The highest BCUT2D eigenvalue weighted by atomic mass is 16.5. The molecule has 6 nitrogen and oxygen atoms in total. The maximum Gasteiger partial charge on any atom is 0.229 e. The molecule has 1 unspecified atom stereocenters. The minimum atomic E-state index is -0.225. The van der Waals surface area contributed by atoms with Crippen molar-refractivity contribution in [2.24, 2.45) is 5.92 Å². The molecule has 1 aromatic rings. The molecule has 2 heterocycles. The Morgan fingerprint density at radius 2 is 1.83 bits per heavy atom. The van der Waals surface area contributed by atoms with Crippen LogP contribution >= 0.6 is 0 Å². The average Bonchev–Trinajstić information content (AvgIpc) is 3.38. The smallest absolute Gasteiger partial charge is 0.229 e. The van der Waals surface area contributed by atoms with Crippen LogP contribution in [0.5, 0.6) is 0 Å². The van der Waals surface area contributed by atoms with Crippen LogP contribution in [0.15, 0.2) is 24.3 Å². The van der Waals surface area contributed by atoms with Crippen molar-refractivity contribution in [1.82, 2.24) is 4.90 Å². The van der Waals surface area contributed by atoms with Gasteiger partial charge in [0.05, 0.1) is 19.1 Å². The molecule has 1 aliphatic carbocycles. The van der Waals surface area contributed by atoms with Crippen molar-refractivity contribution >= 4 is 23.2 Å². The van der Waals surface area contributed by atoms with E-state index in [0.717, 1.165) is 50.5 Å². The van der Waals surface area contributed by atoms with E-state index in [1.807, 2.05) is 29.2 Å². The number of nitrogens with zero attached hydrogens (tertiary/aromatic N) is 2. The number of benzene rings is 1. The van der Waals surface area contributed by atoms with E-state index in [4.69, 9.17) is 4.74 Å². The topological polar surface area (TPSA) is 61.9 Å². The van der Waals surface area contributed by atoms with E-state index in [2.05, 4.69) is 10.2 Å². The summed E-state index contributed by atoms with van der Waals surface area (Å²) in [5.41, 5.74) is 1.93. The zero-order valence-electron chi connectivity index (χ0n) is 13.7. The molecule has 4 rings (SSSR count). The zero-order valence-corrected chi connectivity index (χ0v) is 13.7. The molecule has 2 saturated heterocycles. The summed E-state index contributed by atoms with van der Waals surface area (Å²) >= 11 is 0. The van der Waals surface area contributed by atoms with Crippen molar-refractivity contribution in [3.8, 4) is 0 Å². The van der Waals surface area contributed by atoms with Crippen LogP contribution in [0.3, 0.4) is 0 Å². The lowest BCUT2D eigenvalue weighted by Crippen LogP contribution is -2.36. The SMILES string of the molecule is O=C(Nc1ccc(N2CCOCC2)cc1)C1CC(=O)N(C2CC2)C1. The number of anilines is 2. The highest BCUT2D eigenvalue weighted by Gasteiger charge is 2.41. The maximum atomic E-state index is 12.4. The highest BCUT2D eigenvalue weighted by Crippen LogP contribution is 2.33. The van der Waals surface area contributed by atoms with Crippen LogP contribution in [0, 0.1) is 5.92 Å². The van der Waals surface area contributed by atoms with Gasteiger partial charge in [-0.05, 0) is 37.1 Å². The van der Waals surface area contributed by atoms with Crippen molar-refractivity contribution in [2.75, 3.05) is 43.1 Å². The Morgan fingerprint density at radius 3 is 2.50 bits per heavy atom.